The zero-order chi connectivity index (χ0) is 24.0. The molecule has 0 saturated heterocycles. The number of carbonyl (C=O) groups excluding carboxylic acids is 2. The normalized spacial score (nSPS) is 11.8. The first-order valence-corrected chi connectivity index (χ1v) is 11.5. The third-order valence-electron chi connectivity index (χ3n) is 4.88. The van der Waals surface area contributed by atoms with Crippen LogP contribution in [0.2, 0.25) is 0 Å². The Morgan fingerprint density at radius 1 is 0.909 bits per heavy atom. The van der Waals surface area contributed by atoms with Gasteiger partial charge >= 0.3 is 5.97 Å². The maximum absolute atomic E-state index is 12.8. The van der Waals surface area contributed by atoms with Crippen molar-refractivity contribution in [1.29, 1.82) is 0 Å². The van der Waals surface area contributed by atoms with Gasteiger partial charge in [-0.05, 0) is 67.6 Å². The highest BCUT2D eigenvalue weighted by atomic mass is 32.2. The Morgan fingerprint density at radius 3 is 2.09 bits per heavy atom. The number of methoxy groups -OCH3 is 1. The number of rotatable bonds is 8. The van der Waals surface area contributed by atoms with E-state index >= 15 is 0 Å². The monoisotopic (exact) mass is 468 g/mol. The summed E-state index contributed by atoms with van der Waals surface area (Å²) in [6.07, 6.45) is -1.06. The summed E-state index contributed by atoms with van der Waals surface area (Å²) >= 11 is 0. The number of anilines is 2. The Kier molecular flexibility index (Phi) is 7.34. The van der Waals surface area contributed by atoms with Gasteiger partial charge in [-0.25, -0.2) is 13.2 Å². The molecule has 3 aromatic carbocycles. The van der Waals surface area contributed by atoms with Crippen molar-refractivity contribution in [2.75, 3.05) is 23.8 Å². The summed E-state index contributed by atoms with van der Waals surface area (Å²) in [6.45, 7) is 1.45. The van der Waals surface area contributed by atoms with E-state index in [0.717, 1.165) is 4.31 Å². The fourth-order valence-corrected chi connectivity index (χ4v) is 4.09. The molecule has 172 valence electrons. The summed E-state index contributed by atoms with van der Waals surface area (Å²) in [4.78, 5) is 24.8. The van der Waals surface area contributed by atoms with Crippen molar-refractivity contribution in [2.24, 2.45) is 0 Å². The smallest absolute Gasteiger partial charge is 0.338 e. The number of carbonyl (C=O) groups is 2. The van der Waals surface area contributed by atoms with Crippen molar-refractivity contribution in [3.05, 3.63) is 84.4 Å². The summed E-state index contributed by atoms with van der Waals surface area (Å²) in [5.41, 5.74) is 1.17. The molecule has 0 radical (unpaired) electrons. The van der Waals surface area contributed by atoms with E-state index in [1.807, 2.05) is 0 Å². The van der Waals surface area contributed by atoms with Gasteiger partial charge < -0.3 is 14.8 Å². The van der Waals surface area contributed by atoms with Crippen LogP contribution in [-0.2, 0) is 19.6 Å². The molecule has 1 atom stereocenters. The van der Waals surface area contributed by atoms with Crippen molar-refractivity contribution in [3.8, 4) is 5.75 Å². The number of nitrogens with zero attached hydrogens (tertiary/aromatic N) is 1. The number of benzene rings is 3. The first-order chi connectivity index (χ1) is 15.7. The summed E-state index contributed by atoms with van der Waals surface area (Å²) in [5, 5.41) is 2.65. The highest BCUT2D eigenvalue weighted by molar-refractivity contribution is 7.92. The standard InChI is InChI=1S/C24H24N2O6S/c1-17(23(27)25-19-11-13-21(31-3)14-12-19)32-24(28)18-9-15-22(16-10-18)33(29,30)26(2)20-7-5-4-6-8-20/h4-17H,1-3H3,(H,25,27). The van der Waals surface area contributed by atoms with E-state index in [1.54, 1.807) is 61.7 Å². The minimum atomic E-state index is -3.80. The lowest BCUT2D eigenvalue weighted by Gasteiger charge is -2.19. The van der Waals surface area contributed by atoms with Gasteiger partial charge in [0.15, 0.2) is 6.10 Å². The Bertz CT molecular complexity index is 1210. The number of hydrogen-bond donors (Lipinski definition) is 1. The van der Waals surface area contributed by atoms with Gasteiger partial charge in [-0.2, -0.15) is 0 Å². The van der Waals surface area contributed by atoms with Crippen molar-refractivity contribution in [1.82, 2.24) is 0 Å². The van der Waals surface area contributed by atoms with Gasteiger partial charge in [-0.1, -0.05) is 18.2 Å². The van der Waals surface area contributed by atoms with Gasteiger partial charge in [-0.3, -0.25) is 9.10 Å². The molecule has 0 spiro atoms. The van der Waals surface area contributed by atoms with Gasteiger partial charge in [-0.15, -0.1) is 0 Å². The Labute approximate surface area is 192 Å². The van der Waals surface area contributed by atoms with Crippen LogP contribution in [0.1, 0.15) is 17.3 Å². The molecule has 1 N–H and O–H groups in total. The van der Waals surface area contributed by atoms with Crippen LogP contribution in [-0.4, -0.2) is 40.6 Å². The van der Waals surface area contributed by atoms with Crippen molar-refractivity contribution in [2.45, 2.75) is 17.9 Å². The van der Waals surface area contributed by atoms with Crippen LogP contribution in [0, 0.1) is 0 Å². The van der Waals surface area contributed by atoms with Gasteiger partial charge in [0, 0.05) is 12.7 Å². The summed E-state index contributed by atoms with van der Waals surface area (Å²) in [7, 11) is -0.808. The molecule has 3 rings (SSSR count). The molecule has 1 unspecified atom stereocenters. The molecule has 0 heterocycles. The van der Waals surface area contributed by atoms with Crippen molar-refractivity contribution < 1.29 is 27.5 Å². The minimum Gasteiger partial charge on any atom is -0.497 e. The maximum atomic E-state index is 12.8. The molecule has 3 aromatic rings. The average molecular weight is 469 g/mol. The SMILES string of the molecule is COc1ccc(NC(=O)C(C)OC(=O)c2ccc(S(=O)(=O)N(C)c3ccccc3)cc2)cc1. The van der Waals surface area contributed by atoms with Crippen LogP contribution >= 0.6 is 0 Å². The second-order valence-electron chi connectivity index (χ2n) is 7.10. The van der Waals surface area contributed by atoms with Crippen LogP contribution in [0.25, 0.3) is 0 Å². The molecule has 0 aliphatic heterocycles. The molecule has 0 aromatic heterocycles. The van der Waals surface area contributed by atoms with Gasteiger partial charge in [0.2, 0.25) is 0 Å². The molecule has 0 saturated carbocycles. The summed E-state index contributed by atoms with van der Waals surface area (Å²) in [6, 6.07) is 20.7. The predicted octanol–water partition coefficient (Wildman–Crippen LogP) is 3.70. The van der Waals surface area contributed by atoms with Crippen LogP contribution in [0.3, 0.4) is 0 Å². The van der Waals surface area contributed by atoms with Gasteiger partial charge in [0.25, 0.3) is 15.9 Å². The van der Waals surface area contributed by atoms with E-state index in [4.69, 9.17) is 9.47 Å². The molecule has 0 fully saturated rings. The quantitative estimate of drug-likeness (QED) is 0.506. The first-order valence-electron chi connectivity index (χ1n) is 10.0. The van der Waals surface area contributed by atoms with Crippen LogP contribution in [0.15, 0.2) is 83.8 Å². The van der Waals surface area contributed by atoms with E-state index in [2.05, 4.69) is 5.32 Å². The van der Waals surface area contributed by atoms with E-state index in [1.165, 1.54) is 38.2 Å². The van der Waals surface area contributed by atoms with Crippen molar-refractivity contribution >= 4 is 33.3 Å². The Balaban J connectivity index is 1.64. The number of amides is 1. The largest absolute Gasteiger partial charge is 0.497 e. The number of esters is 1. The van der Waals surface area contributed by atoms with Crippen LogP contribution in [0.5, 0.6) is 5.75 Å². The fraction of sp³-hybridized carbons (Fsp3) is 0.167. The van der Waals surface area contributed by atoms with Crippen LogP contribution in [0.4, 0.5) is 11.4 Å². The topological polar surface area (TPSA) is 102 Å². The predicted molar refractivity (Wildman–Crippen MR) is 125 cm³/mol. The molecule has 0 aliphatic rings. The lowest BCUT2D eigenvalue weighted by atomic mass is 10.2. The van der Waals surface area contributed by atoms with Crippen molar-refractivity contribution in [3.63, 3.8) is 0 Å². The van der Waals surface area contributed by atoms with Crippen LogP contribution < -0.4 is 14.4 Å². The van der Waals surface area contributed by atoms with Gasteiger partial charge in [0.05, 0.1) is 23.3 Å². The molecular formula is C24H24N2O6S. The highest BCUT2D eigenvalue weighted by Gasteiger charge is 2.23. The second-order valence-corrected chi connectivity index (χ2v) is 9.07. The molecule has 0 aliphatic carbocycles. The fourth-order valence-electron chi connectivity index (χ4n) is 2.90. The maximum Gasteiger partial charge on any atom is 0.338 e. The number of hydrogen-bond acceptors (Lipinski definition) is 6. The van der Waals surface area contributed by atoms with E-state index in [-0.39, 0.29) is 10.5 Å². The lowest BCUT2D eigenvalue weighted by molar-refractivity contribution is -0.123. The minimum absolute atomic E-state index is 0.0238. The van der Waals surface area contributed by atoms with E-state index in [9.17, 15) is 18.0 Å². The molecule has 9 heteroatoms. The number of ether oxygens (including phenoxy) is 2. The summed E-state index contributed by atoms with van der Waals surface area (Å²) < 4.78 is 37.1. The van der Waals surface area contributed by atoms with E-state index in [0.29, 0.717) is 17.1 Å². The number of sulfonamides is 1. The second kappa shape index (κ2) is 10.2. The zero-order valence-corrected chi connectivity index (χ0v) is 19.2. The Hall–Kier alpha value is -3.85. The summed E-state index contributed by atoms with van der Waals surface area (Å²) in [5.74, 6) is -0.599. The average Bonchev–Trinajstić information content (AvgIpc) is 2.84. The molecule has 33 heavy (non-hydrogen) atoms. The number of para-hydroxylation sites is 1. The highest BCUT2D eigenvalue weighted by Crippen LogP contribution is 2.22. The van der Waals surface area contributed by atoms with Gasteiger partial charge in [0.1, 0.15) is 5.75 Å². The molecular weight excluding hydrogens is 444 g/mol. The number of nitrogens with one attached hydrogen (secondary N) is 1. The third kappa shape index (κ3) is 5.69. The zero-order valence-electron chi connectivity index (χ0n) is 18.4. The van der Waals surface area contributed by atoms with E-state index < -0.39 is 28.0 Å². The molecule has 1 amide bonds. The Morgan fingerprint density at radius 2 is 1.52 bits per heavy atom. The first kappa shape index (κ1) is 23.8. The lowest BCUT2D eigenvalue weighted by Crippen LogP contribution is -2.30. The molecule has 8 nitrogen and oxygen atoms in total. The third-order valence-corrected chi connectivity index (χ3v) is 6.68. The molecule has 0 bridgehead atoms.